The fourth-order valence-electron chi connectivity index (χ4n) is 5.78. The van der Waals surface area contributed by atoms with Crippen LogP contribution in [0, 0.1) is 11.1 Å². The average Bonchev–Trinajstić information content (AvgIpc) is 3.29. The number of piperidine rings is 1. The highest BCUT2D eigenvalue weighted by molar-refractivity contribution is 7.17. The topological polar surface area (TPSA) is 64.6 Å². The van der Waals surface area contributed by atoms with Gasteiger partial charge in [0.2, 0.25) is 5.91 Å². The largest absolute Gasteiger partial charge is 0.627 e. The van der Waals surface area contributed by atoms with Crippen LogP contribution in [0.1, 0.15) is 44.9 Å². The van der Waals surface area contributed by atoms with Gasteiger partial charge in [-0.2, -0.15) is 0 Å². The van der Waals surface area contributed by atoms with Crippen LogP contribution < -0.4 is 9.96 Å². The number of carbonyl (C=O) groups is 1. The van der Waals surface area contributed by atoms with Gasteiger partial charge in [-0.25, -0.2) is 0 Å². The highest BCUT2D eigenvalue weighted by Gasteiger charge is 2.35. The highest BCUT2D eigenvalue weighted by Crippen LogP contribution is 2.35. The molecule has 0 spiro atoms. The zero-order valence-corrected chi connectivity index (χ0v) is 19.7. The third-order valence-corrected chi connectivity index (χ3v) is 8.60. The lowest BCUT2D eigenvalue weighted by atomic mass is 9.78. The number of amides is 1. The summed E-state index contributed by atoms with van der Waals surface area (Å²) in [6, 6.07) is 8.56. The maximum atomic E-state index is 13.5. The highest BCUT2D eigenvalue weighted by atomic mass is 32.1. The number of carbonyl (C=O) groups excluding carboxylic acids is 1. The summed E-state index contributed by atoms with van der Waals surface area (Å²) in [5.41, 5.74) is 0.931. The van der Waals surface area contributed by atoms with Crippen LogP contribution >= 0.6 is 11.3 Å². The summed E-state index contributed by atoms with van der Waals surface area (Å²) >= 11 is 1.71. The molecule has 1 aromatic heterocycles. The van der Waals surface area contributed by atoms with Crippen molar-refractivity contribution in [1.82, 2.24) is 14.9 Å². The van der Waals surface area contributed by atoms with Crippen molar-refractivity contribution in [1.29, 1.82) is 0 Å². The van der Waals surface area contributed by atoms with Gasteiger partial charge in [0.05, 0.1) is 24.6 Å². The lowest BCUT2D eigenvalue weighted by Crippen LogP contribution is -2.57. The van der Waals surface area contributed by atoms with Crippen LogP contribution in [0.4, 0.5) is 5.69 Å². The molecule has 32 heavy (non-hydrogen) atoms. The van der Waals surface area contributed by atoms with E-state index < -0.39 is 0 Å². The van der Waals surface area contributed by atoms with Gasteiger partial charge in [0.1, 0.15) is 5.69 Å². The summed E-state index contributed by atoms with van der Waals surface area (Å²) in [6.45, 7) is 4.80. The number of quaternary nitrogens is 1. The maximum Gasteiger partial charge on any atom is 0.220 e. The van der Waals surface area contributed by atoms with Gasteiger partial charge in [-0.1, -0.05) is 6.07 Å². The predicted molar refractivity (Wildman–Crippen MR) is 131 cm³/mol. The zero-order valence-electron chi connectivity index (χ0n) is 18.8. The number of rotatable bonds is 7. The van der Waals surface area contributed by atoms with Gasteiger partial charge in [-0.05, 0) is 68.5 Å². The summed E-state index contributed by atoms with van der Waals surface area (Å²) in [4.78, 5) is 14.1. The van der Waals surface area contributed by atoms with E-state index in [9.17, 15) is 10.0 Å². The fraction of sp³-hybridized carbons (Fsp3) is 0.640. The minimum Gasteiger partial charge on any atom is -0.627 e. The van der Waals surface area contributed by atoms with E-state index >= 15 is 0 Å². The van der Waals surface area contributed by atoms with Gasteiger partial charge in [0.15, 0.2) is 0 Å². The SMILES string of the molecule is O=C1CCC2CCC(OCCCCN3CC[N+]([O-])(c4cccc5sccc45)CC3)CC2N1. The Morgan fingerprint density at radius 2 is 2.03 bits per heavy atom. The molecule has 2 saturated heterocycles. The molecular weight excluding hydrogens is 422 g/mol. The van der Waals surface area contributed by atoms with E-state index in [4.69, 9.17) is 4.74 Å². The Hall–Kier alpha value is -1.51. The summed E-state index contributed by atoms with van der Waals surface area (Å²) in [7, 11) is 0. The van der Waals surface area contributed by atoms with Crippen LogP contribution in [0.3, 0.4) is 0 Å². The van der Waals surface area contributed by atoms with Gasteiger partial charge < -0.3 is 19.9 Å². The molecule has 174 valence electrons. The molecule has 0 bridgehead atoms. The maximum absolute atomic E-state index is 13.5. The molecule has 3 aliphatic rings. The van der Waals surface area contributed by atoms with Crippen LogP contribution in [0.5, 0.6) is 0 Å². The summed E-state index contributed by atoms with van der Waals surface area (Å²) < 4.78 is 7.16. The Morgan fingerprint density at radius 3 is 2.91 bits per heavy atom. The molecule has 3 fully saturated rings. The molecule has 2 aliphatic heterocycles. The number of nitrogens with one attached hydrogen (secondary N) is 1. The van der Waals surface area contributed by atoms with Crippen LogP contribution in [0.25, 0.3) is 10.1 Å². The first-order chi connectivity index (χ1) is 15.6. The van der Waals surface area contributed by atoms with Crippen molar-refractivity contribution < 1.29 is 9.53 Å². The van der Waals surface area contributed by atoms with Crippen LogP contribution in [0.2, 0.25) is 0 Å². The van der Waals surface area contributed by atoms with Crippen molar-refractivity contribution in [3.63, 3.8) is 0 Å². The van der Waals surface area contributed by atoms with Gasteiger partial charge in [0.25, 0.3) is 0 Å². The van der Waals surface area contributed by atoms with Gasteiger partial charge in [-0.3, -0.25) is 9.69 Å². The summed E-state index contributed by atoms with van der Waals surface area (Å²) in [6.07, 6.45) is 7.48. The van der Waals surface area contributed by atoms with E-state index in [0.29, 0.717) is 37.6 Å². The van der Waals surface area contributed by atoms with Crippen molar-refractivity contribution in [2.45, 2.75) is 57.1 Å². The quantitative estimate of drug-likeness (QED) is 0.383. The molecule has 1 aliphatic carbocycles. The molecule has 3 unspecified atom stereocenters. The lowest BCUT2D eigenvalue weighted by Gasteiger charge is -2.48. The number of ether oxygens (including phenoxy) is 1. The van der Waals surface area contributed by atoms with Gasteiger partial charge in [0, 0.05) is 42.9 Å². The number of benzene rings is 1. The van der Waals surface area contributed by atoms with Crippen molar-refractivity contribution >= 4 is 33.0 Å². The number of hydrogen-bond donors (Lipinski definition) is 1. The van der Waals surface area contributed by atoms with Crippen LogP contribution in [-0.4, -0.2) is 62.3 Å². The molecule has 7 heteroatoms. The molecule has 0 radical (unpaired) electrons. The normalized spacial score (nSPS) is 28.4. The third-order valence-electron chi connectivity index (χ3n) is 7.72. The van der Waals surface area contributed by atoms with Gasteiger partial charge in [-0.15, -0.1) is 11.3 Å². The summed E-state index contributed by atoms with van der Waals surface area (Å²) in [5, 5.41) is 19.9. The van der Waals surface area contributed by atoms with E-state index in [1.165, 1.54) is 11.1 Å². The van der Waals surface area contributed by atoms with Crippen LogP contribution in [-0.2, 0) is 9.53 Å². The minimum absolute atomic E-state index is 0.200. The van der Waals surface area contributed by atoms with E-state index in [2.05, 4.69) is 27.7 Å². The molecule has 3 atom stereocenters. The average molecular weight is 458 g/mol. The molecule has 1 saturated carbocycles. The molecule has 3 heterocycles. The Labute approximate surface area is 194 Å². The van der Waals surface area contributed by atoms with E-state index in [0.717, 1.165) is 69.4 Å². The third kappa shape index (κ3) is 4.87. The van der Waals surface area contributed by atoms with Crippen molar-refractivity contribution in [3.05, 3.63) is 34.9 Å². The minimum atomic E-state index is -0.200. The van der Waals surface area contributed by atoms with Crippen molar-refractivity contribution in [2.24, 2.45) is 5.92 Å². The van der Waals surface area contributed by atoms with Crippen molar-refractivity contribution in [2.75, 3.05) is 39.3 Å². The second-order valence-corrected chi connectivity index (χ2v) is 10.7. The first kappa shape index (κ1) is 22.3. The molecule has 2 aromatic rings. The Morgan fingerprint density at radius 1 is 1.16 bits per heavy atom. The number of hydrogen-bond acceptors (Lipinski definition) is 5. The van der Waals surface area contributed by atoms with E-state index in [1.807, 2.05) is 12.1 Å². The number of piperazine rings is 1. The standard InChI is InChI=1S/C25H35N3O3S/c29-25-9-7-19-6-8-20(18-22(19)26-25)31-16-2-1-11-27-12-14-28(30,15-13-27)23-4-3-5-24-21(23)10-17-32-24/h3-5,10,17,19-20,22H,1-2,6-9,11-16,18H2,(H,26,29). The molecule has 6 nitrogen and oxygen atoms in total. The molecule has 5 rings (SSSR count). The second kappa shape index (κ2) is 9.77. The molecular formula is C25H35N3O3S. The number of nitrogens with zero attached hydrogens (tertiary/aromatic N) is 2. The second-order valence-electron chi connectivity index (χ2n) is 9.77. The number of unbranched alkanes of at least 4 members (excludes halogenated alkanes) is 1. The smallest absolute Gasteiger partial charge is 0.220 e. The lowest BCUT2D eigenvalue weighted by molar-refractivity contribution is -0.125. The summed E-state index contributed by atoms with van der Waals surface area (Å²) in [5.74, 6) is 0.867. The first-order valence-electron chi connectivity index (χ1n) is 12.3. The van der Waals surface area contributed by atoms with Crippen molar-refractivity contribution in [3.8, 4) is 0 Å². The number of thiophene rings is 1. The molecule has 1 N–H and O–H groups in total. The number of hydroxylamine groups is 2. The fourth-order valence-corrected chi connectivity index (χ4v) is 6.59. The van der Waals surface area contributed by atoms with E-state index in [1.54, 1.807) is 11.3 Å². The monoisotopic (exact) mass is 457 g/mol. The Bertz CT molecular complexity index is 924. The van der Waals surface area contributed by atoms with Gasteiger partial charge >= 0.3 is 0 Å². The predicted octanol–water partition coefficient (Wildman–Crippen LogP) is 4.27. The number of fused-ring (bicyclic) bond motifs is 2. The Kier molecular flexibility index (Phi) is 6.81. The molecule has 1 amide bonds. The van der Waals surface area contributed by atoms with E-state index in [-0.39, 0.29) is 10.6 Å². The zero-order chi connectivity index (χ0) is 22.0. The Balaban J connectivity index is 1.01. The molecule has 1 aromatic carbocycles. The van der Waals surface area contributed by atoms with Crippen LogP contribution in [0.15, 0.2) is 29.6 Å². The first-order valence-corrected chi connectivity index (χ1v) is 13.2.